The lowest BCUT2D eigenvalue weighted by Gasteiger charge is -2.21. The molecule has 0 radical (unpaired) electrons. The van der Waals surface area contributed by atoms with Crippen LogP contribution in [-0.4, -0.2) is 9.78 Å². The van der Waals surface area contributed by atoms with Crippen LogP contribution < -0.4 is 5.73 Å². The lowest BCUT2D eigenvalue weighted by molar-refractivity contribution is 0.338. The van der Waals surface area contributed by atoms with E-state index in [9.17, 15) is 0 Å². The summed E-state index contributed by atoms with van der Waals surface area (Å²) in [6, 6.07) is 0. The number of nitrogens with two attached hydrogens (primary N) is 1. The summed E-state index contributed by atoms with van der Waals surface area (Å²) in [6.07, 6.45) is 11.8. The maximum Gasteiger partial charge on any atom is 0.124 e. The zero-order valence-electron chi connectivity index (χ0n) is 11.9. The van der Waals surface area contributed by atoms with E-state index in [1.807, 2.05) is 11.7 Å². The summed E-state index contributed by atoms with van der Waals surface area (Å²) in [5.74, 6) is 1.80. The first-order valence-electron chi connectivity index (χ1n) is 7.52. The van der Waals surface area contributed by atoms with E-state index >= 15 is 0 Å². The first-order valence-corrected chi connectivity index (χ1v) is 7.52. The number of aryl methyl sites for hydroxylation is 2. The van der Waals surface area contributed by atoms with Crippen molar-refractivity contribution in [1.82, 2.24) is 9.78 Å². The van der Waals surface area contributed by atoms with Crippen molar-refractivity contribution >= 4 is 5.82 Å². The molecule has 0 bridgehead atoms. The van der Waals surface area contributed by atoms with Crippen LogP contribution in [0.3, 0.4) is 0 Å². The number of nitrogens with zero attached hydrogens (tertiary/aromatic N) is 2. The molecule has 1 aromatic rings. The quantitative estimate of drug-likeness (QED) is 0.868. The summed E-state index contributed by atoms with van der Waals surface area (Å²) in [6.45, 7) is 2.21. The van der Waals surface area contributed by atoms with E-state index in [4.69, 9.17) is 5.73 Å². The largest absolute Gasteiger partial charge is 0.384 e. The van der Waals surface area contributed by atoms with E-state index in [0.29, 0.717) is 0 Å². The molecule has 0 aliphatic heterocycles. The summed E-state index contributed by atoms with van der Waals surface area (Å²) >= 11 is 0. The van der Waals surface area contributed by atoms with Crippen molar-refractivity contribution in [2.45, 2.75) is 64.7 Å². The fourth-order valence-electron chi connectivity index (χ4n) is 3.18. The van der Waals surface area contributed by atoms with Gasteiger partial charge in [-0.1, -0.05) is 45.4 Å². The Balaban J connectivity index is 1.97. The van der Waals surface area contributed by atoms with Gasteiger partial charge in [0.2, 0.25) is 0 Å². The maximum atomic E-state index is 6.10. The van der Waals surface area contributed by atoms with E-state index < -0.39 is 0 Å². The number of hydrogen-bond acceptors (Lipinski definition) is 2. The van der Waals surface area contributed by atoms with Crippen LogP contribution in [0.2, 0.25) is 0 Å². The molecule has 1 saturated carbocycles. The summed E-state index contributed by atoms with van der Waals surface area (Å²) < 4.78 is 1.85. The Morgan fingerprint density at radius 3 is 2.61 bits per heavy atom. The van der Waals surface area contributed by atoms with Gasteiger partial charge < -0.3 is 5.73 Å². The van der Waals surface area contributed by atoms with Gasteiger partial charge >= 0.3 is 0 Å². The predicted molar refractivity (Wildman–Crippen MR) is 76.5 cm³/mol. The first kappa shape index (κ1) is 13.4. The Labute approximate surface area is 111 Å². The molecule has 1 aliphatic carbocycles. The van der Waals surface area contributed by atoms with Crippen LogP contribution in [0.15, 0.2) is 0 Å². The molecule has 0 spiro atoms. The molecule has 2 N–H and O–H groups in total. The van der Waals surface area contributed by atoms with Gasteiger partial charge in [0.05, 0.1) is 5.69 Å². The van der Waals surface area contributed by atoms with Crippen molar-refractivity contribution in [2.75, 3.05) is 5.73 Å². The number of nitrogen functional groups attached to an aromatic ring is 1. The molecule has 0 aromatic carbocycles. The minimum atomic E-state index is 0.871. The third-order valence-electron chi connectivity index (χ3n) is 4.29. The molecule has 0 saturated heterocycles. The molecule has 0 atom stereocenters. The fourth-order valence-corrected chi connectivity index (χ4v) is 3.18. The van der Waals surface area contributed by atoms with Crippen molar-refractivity contribution in [2.24, 2.45) is 13.0 Å². The number of rotatable bonds is 5. The lowest BCUT2D eigenvalue weighted by Crippen LogP contribution is -2.08. The Hall–Kier alpha value is -0.990. The van der Waals surface area contributed by atoms with Gasteiger partial charge in [0.15, 0.2) is 0 Å². The maximum absolute atomic E-state index is 6.10. The number of anilines is 1. The van der Waals surface area contributed by atoms with E-state index in [-0.39, 0.29) is 0 Å². The minimum Gasteiger partial charge on any atom is -0.384 e. The average Bonchev–Trinajstić information content (AvgIpc) is 2.66. The van der Waals surface area contributed by atoms with Crippen molar-refractivity contribution in [3.63, 3.8) is 0 Å². The zero-order valence-corrected chi connectivity index (χ0v) is 11.9. The first-order chi connectivity index (χ1) is 8.72. The Morgan fingerprint density at radius 1 is 1.22 bits per heavy atom. The average molecular weight is 249 g/mol. The van der Waals surface area contributed by atoms with Crippen LogP contribution >= 0.6 is 0 Å². The molecule has 3 nitrogen and oxygen atoms in total. The lowest BCUT2D eigenvalue weighted by atomic mass is 9.85. The monoisotopic (exact) mass is 249 g/mol. The zero-order chi connectivity index (χ0) is 13.0. The van der Waals surface area contributed by atoms with Crippen LogP contribution in [0.1, 0.15) is 63.1 Å². The van der Waals surface area contributed by atoms with Gasteiger partial charge in [0.25, 0.3) is 0 Å². The molecule has 1 aliphatic rings. The third-order valence-corrected chi connectivity index (χ3v) is 4.29. The molecule has 0 amide bonds. The third kappa shape index (κ3) is 3.06. The number of hydrogen-bond donors (Lipinski definition) is 1. The molecule has 1 aromatic heterocycles. The summed E-state index contributed by atoms with van der Waals surface area (Å²) in [4.78, 5) is 0. The smallest absolute Gasteiger partial charge is 0.124 e. The van der Waals surface area contributed by atoms with E-state index in [1.165, 1.54) is 49.8 Å². The highest BCUT2D eigenvalue weighted by molar-refractivity contribution is 5.43. The topological polar surface area (TPSA) is 43.8 Å². The van der Waals surface area contributed by atoms with E-state index in [0.717, 1.165) is 31.0 Å². The standard InChI is InChI=1S/C15H27N3/c1-3-7-13-14(17-18(2)15(13)16)11-10-12-8-5-4-6-9-12/h12H,3-11,16H2,1-2H3. The van der Waals surface area contributed by atoms with Gasteiger partial charge in [-0.3, -0.25) is 4.68 Å². The van der Waals surface area contributed by atoms with Crippen LogP contribution in [0.5, 0.6) is 0 Å². The molecule has 102 valence electrons. The molecule has 0 unspecified atom stereocenters. The molecule has 1 fully saturated rings. The van der Waals surface area contributed by atoms with Crippen LogP contribution in [0.25, 0.3) is 0 Å². The van der Waals surface area contributed by atoms with Crippen molar-refractivity contribution in [3.05, 3.63) is 11.3 Å². The highest BCUT2D eigenvalue weighted by Gasteiger charge is 2.17. The Bertz CT molecular complexity index is 375. The van der Waals surface area contributed by atoms with Gasteiger partial charge in [-0.15, -0.1) is 0 Å². The predicted octanol–water partition coefficient (Wildman–Crippen LogP) is 3.47. The fraction of sp³-hybridized carbons (Fsp3) is 0.800. The number of aromatic nitrogens is 2. The SMILES string of the molecule is CCCc1c(CCC2CCCCC2)nn(C)c1N. The van der Waals surface area contributed by atoms with E-state index in [1.54, 1.807) is 0 Å². The van der Waals surface area contributed by atoms with Crippen molar-refractivity contribution in [3.8, 4) is 0 Å². The van der Waals surface area contributed by atoms with Gasteiger partial charge in [-0.05, 0) is 25.2 Å². The van der Waals surface area contributed by atoms with Crippen molar-refractivity contribution < 1.29 is 0 Å². The highest BCUT2D eigenvalue weighted by atomic mass is 15.3. The highest BCUT2D eigenvalue weighted by Crippen LogP contribution is 2.28. The second-order valence-corrected chi connectivity index (χ2v) is 5.73. The van der Waals surface area contributed by atoms with Gasteiger partial charge in [0, 0.05) is 12.6 Å². The van der Waals surface area contributed by atoms with E-state index in [2.05, 4.69) is 12.0 Å². The van der Waals surface area contributed by atoms with Crippen LogP contribution in [-0.2, 0) is 19.9 Å². The minimum absolute atomic E-state index is 0.871. The molecule has 1 heterocycles. The van der Waals surface area contributed by atoms with Gasteiger partial charge in [0.1, 0.15) is 5.82 Å². The van der Waals surface area contributed by atoms with Crippen LogP contribution in [0.4, 0.5) is 5.82 Å². The Morgan fingerprint density at radius 2 is 1.94 bits per heavy atom. The molecular formula is C15H27N3. The Kier molecular flexibility index (Phi) is 4.67. The molecular weight excluding hydrogens is 222 g/mol. The molecule has 18 heavy (non-hydrogen) atoms. The van der Waals surface area contributed by atoms with Crippen molar-refractivity contribution in [1.29, 1.82) is 0 Å². The second kappa shape index (κ2) is 6.26. The van der Waals surface area contributed by atoms with Crippen LogP contribution in [0, 0.1) is 5.92 Å². The summed E-state index contributed by atoms with van der Waals surface area (Å²) in [7, 11) is 1.96. The molecule has 2 rings (SSSR count). The van der Waals surface area contributed by atoms with Gasteiger partial charge in [-0.2, -0.15) is 5.10 Å². The second-order valence-electron chi connectivity index (χ2n) is 5.73. The summed E-state index contributed by atoms with van der Waals surface area (Å²) in [5.41, 5.74) is 8.65. The van der Waals surface area contributed by atoms with Gasteiger partial charge in [-0.25, -0.2) is 0 Å². The normalized spacial score (nSPS) is 17.2. The molecule has 3 heteroatoms. The summed E-state index contributed by atoms with van der Waals surface area (Å²) in [5, 5.41) is 4.60.